The van der Waals surface area contributed by atoms with Crippen molar-refractivity contribution in [2.45, 2.75) is 82.3 Å². The Hall–Kier alpha value is -7.84. The number of alkyl carbamates (subject to hydrolysis) is 2. The molecule has 364 valence electrons. The lowest BCUT2D eigenvalue weighted by atomic mass is 9.77. The standard InChI is InChI=1S/C56H62N6O8/c1-55(2,3)50(61-54(68)70-5)52(66)58-44(34-39-29-31-40(32-30-39)45-28-18-19-33-57-45)36-48(63)46(35-38-20-10-6-11-21-38)59-51(65)47(60-53(67)69-4)37-49(64)62-56(41-22-12-7-13-23-41,42-24-14-8-15-25-42)43-26-16-9-17-27-43/h6-33,44,46-48,50,63H,34-37H2,1-5H3,(H,58,66)(H,59,65)(H,60,67)(H,61,68)(H,62,64)/t44-,46-,47-,48-,50+/m0/s1. The molecular formula is C56H62N6O8. The number of ether oxygens (including phenoxy) is 2. The SMILES string of the molecule is COC(=O)N[C@@H](CC(=O)NC(c1ccccc1)(c1ccccc1)c1ccccc1)C(=O)N[C@@H](Cc1ccccc1)[C@@H](O)C[C@H](Cc1ccc(-c2ccccn2)cc1)NC(=O)[C@@H](NC(=O)OC)C(C)(C)C. The average molecular weight is 947 g/mol. The van der Waals surface area contributed by atoms with Gasteiger partial charge in [0.05, 0.1) is 38.5 Å². The molecule has 0 aliphatic heterocycles. The van der Waals surface area contributed by atoms with Gasteiger partial charge in [-0.1, -0.05) is 172 Å². The number of hydrogen-bond acceptors (Lipinski definition) is 9. The highest BCUT2D eigenvalue weighted by molar-refractivity contribution is 5.92. The number of amides is 5. The van der Waals surface area contributed by atoms with Gasteiger partial charge in [0.15, 0.2) is 0 Å². The summed E-state index contributed by atoms with van der Waals surface area (Å²) in [5.74, 6) is -1.83. The number of methoxy groups -OCH3 is 2. The smallest absolute Gasteiger partial charge is 0.407 e. The Balaban J connectivity index is 1.31. The van der Waals surface area contributed by atoms with Crippen LogP contribution in [-0.2, 0) is 42.2 Å². The normalized spacial score (nSPS) is 13.5. The number of aliphatic hydroxyl groups excluding tert-OH is 1. The van der Waals surface area contributed by atoms with Gasteiger partial charge in [0.1, 0.15) is 17.6 Å². The molecule has 1 aromatic heterocycles. The first kappa shape index (κ1) is 51.5. The molecule has 5 amide bonds. The van der Waals surface area contributed by atoms with Crippen LogP contribution in [-0.4, -0.2) is 84.5 Å². The number of benzene rings is 5. The third-order valence-corrected chi connectivity index (χ3v) is 12.1. The molecular weight excluding hydrogens is 885 g/mol. The number of hydrogen-bond donors (Lipinski definition) is 6. The molecule has 0 saturated carbocycles. The van der Waals surface area contributed by atoms with Crippen LogP contribution in [0.4, 0.5) is 9.59 Å². The zero-order valence-corrected chi connectivity index (χ0v) is 40.1. The van der Waals surface area contributed by atoms with E-state index >= 15 is 0 Å². The molecule has 0 bridgehead atoms. The maximum Gasteiger partial charge on any atom is 0.407 e. The number of aliphatic hydroxyl groups is 1. The average Bonchev–Trinajstić information content (AvgIpc) is 3.37. The minimum atomic E-state index is -1.47. The quantitative estimate of drug-likeness (QED) is 0.0427. The Morgan fingerprint density at radius 1 is 0.571 bits per heavy atom. The molecule has 0 aliphatic rings. The lowest BCUT2D eigenvalue weighted by Gasteiger charge is -2.37. The molecule has 0 spiro atoms. The minimum Gasteiger partial charge on any atom is -0.453 e. The van der Waals surface area contributed by atoms with Crippen molar-refractivity contribution in [1.82, 2.24) is 31.6 Å². The lowest BCUT2D eigenvalue weighted by molar-refractivity contribution is -0.130. The van der Waals surface area contributed by atoms with Crippen LogP contribution in [0.25, 0.3) is 11.3 Å². The molecule has 6 aromatic rings. The summed E-state index contributed by atoms with van der Waals surface area (Å²) < 4.78 is 9.78. The van der Waals surface area contributed by atoms with Crippen molar-refractivity contribution in [1.29, 1.82) is 0 Å². The minimum absolute atomic E-state index is 0.0655. The van der Waals surface area contributed by atoms with Crippen LogP contribution < -0.4 is 26.6 Å². The molecule has 0 saturated heterocycles. The predicted molar refractivity (Wildman–Crippen MR) is 268 cm³/mol. The van der Waals surface area contributed by atoms with Crippen molar-refractivity contribution in [2.75, 3.05) is 14.2 Å². The van der Waals surface area contributed by atoms with Gasteiger partial charge in [0.2, 0.25) is 17.7 Å². The number of pyridine rings is 1. The summed E-state index contributed by atoms with van der Waals surface area (Å²) >= 11 is 0. The fraction of sp³-hybridized carbons (Fsp3) is 0.286. The number of nitrogens with zero attached hydrogens (tertiary/aromatic N) is 1. The van der Waals surface area contributed by atoms with E-state index in [1.807, 2.05) is 185 Å². The van der Waals surface area contributed by atoms with E-state index < -0.39 is 77.6 Å². The molecule has 0 radical (unpaired) electrons. The van der Waals surface area contributed by atoms with Crippen molar-refractivity contribution >= 4 is 29.9 Å². The van der Waals surface area contributed by atoms with E-state index in [2.05, 4.69) is 31.6 Å². The van der Waals surface area contributed by atoms with E-state index in [1.165, 1.54) is 7.11 Å². The number of carbonyl (C=O) groups excluding carboxylic acids is 5. The second-order valence-electron chi connectivity index (χ2n) is 18.2. The zero-order valence-electron chi connectivity index (χ0n) is 40.1. The van der Waals surface area contributed by atoms with E-state index in [9.17, 15) is 29.1 Å². The second kappa shape index (κ2) is 24.4. The van der Waals surface area contributed by atoms with Crippen molar-refractivity contribution in [2.24, 2.45) is 5.41 Å². The summed E-state index contributed by atoms with van der Waals surface area (Å²) in [6.07, 6.45) is -1.51. The fourth-order valence-electron chi connectivity index (χ4n) is 8.49. The van der Waals surface area contributed by atoms with Crippen LogP contribution in [0, 0.1) is 5.41 Å². The Bertz CT molecular complexity index is 2520. The van der Waals surface area contributed by atoms with Crippen LogP contribution >= 0.6 is 0 Å². The lowest BCUT2D eigenvalue weighted by Crippen LogP contribution is -2.58. The first-order valence-electron chi connectivity index (χ1n) is 23.2. The number of carbonyl (C=O) groups is 5. The fourth-order valence-corrected chi connectivity index (χ4v) is 8.49. The number of nitrogens with one attached hydrogen (secondary N) is 5. The van der Waals surface area contributed by atoms with Gasteiger partial charge in [-0.15, -0.1) is 0 Å². The van der Waals surface area contributed by atoms with Crippen LogP contribution in [0.3, 0.4) is 0 Å². The number of rotatable bonds is 20. The van der Waals surface area contributed by atoms with E-state index in [-0.39, 0.29) is 19.3 Å². The van der Waals surface area contributed by atoms with Crippen LogP contribution in [0.2, 0.25) is 0 Å². The van der Waals surface area contributed by atoms with Gasteiger partial charge in [0, 0.05) is 17.8 Å². The molecule has 5 aromatic carbocycles. The van der Waals surface area contributed by atoms with E-state index in [0.717, 1.165) is 46.2 Å². The maximum atomic E-state index is 14.6. The highest BCUT2D eigenvalue weighted by atomic mass is 16.5. The van der Waals surface area contributed by atoms with Crippen molar-refractivity contribution < 1.29 is 38.6 Å². The van der Waals surface area contributed by atoms with Crippen molar-refractivity contribution in [3.05, 3.63) is 198 Å². The molecule has 14 heteroatoms. The summed E-state index contributed by atoms with van der Waals surface area (Å²) in [7, 11) is 2.37. The zero-order chi connectivity index (χ0) is 50.1. The van der Waals surface area contributed by atoms with Gasteiger partial charge in [-0.3, -0.25) is 19.4 Å². The van der Waals surface area contributed by atoms with Gasteiger partial charge in [-0.05, 0) is 64.6 Å². The van der Waals surface area contributed by atoms with Crippen molar-refractivity contribution in [3.8, 4) is 11.3 Å². The Labute approximate surface area is 409 Å². The summed E-state index contributed by atoms with van der Waals surface area (Å²) in [5, 5.41) is 26.8. The van der Waals surface area contributed by atoms with Gasteiger partial charge >= 0.3 is 12.2 Å². The van der Waals surface area contributed by atoms with Gasteiger partial charge in [0.25, 0.3) is 0 Å². The molecule has 14 nitrogen and oxygen atoms in total. The maximum absolute atomic E-state index is 14.6. The van der Waals surface area contributed by atoms with Crippen molar-refractivity contribution in [3.63, 3.8) is 0 Å². The molecule has 6 N–H and O–H groups in total. The first-order valence-corrected chi connectivity index (χ1v) is 23.2. The molecule has 1 heterocycles. The summed E-state index contributed by atoms with van der Waals surface area (Å²) in [5.41, 5.74) is 3.61. The van der Waals surface area contributed by atoms with Crippen LogP contribution in [0.5, 0.6) is 0 Å². The largest absolute Gasteiger partial charge is 0.453 e. The van der Waals surface area contributed by atoms with Gasteiger partial charge in [-0.25, -0.2) is 9.59 Å². The topological polar surface area (TPSA) is 197 Å². The van der Waals surface area contributed by atoms with E-state index in [0.29, 0.717) is 0 Å². The molecule has 0 unspecified atom stereocenters. The van der Waals surface area contributed by atoms with E-state index in [4.69, 9.17) is 9.47 Å². The predicted octanol–water partition coefficient (Wildman–Crippen LogP) is 7.25. The molecule has 70 heavy (non-hydrogen) atoms. The Morgan fingerprint density at radius 2 is 1.07 bits per heavy atom. The monoisotopic (exact) mass is 946 g/mol. The Kier molecular flexibility index (Phi) is 18.0. The molecule has 6 rings (SSSR count). The third kappa shape index (κ3) is 13.9. The molecule has 0 fully saturated rings. The first-order chi connectivity index (χ1) is 33.7. The van der Waals surface area contributed by atoms with Crippen LogP contribution in [0.15, 0.2) is 170 Å². The molecule has 5 atom stereocenters. The second-order valence-corrected chi connectivity index (χ2v) is 18.2. The highest BCUT2D eigenvalue weighted by Gasteiger charge is 2.40. The third-order valence-electron chi connectivity index (χ3n) is 12.1. The van der Waals surface area contributed by atoms with Gasteiger partial charge in [-0.2, -0.15) is 0 Å². The van der Waals surface area contributed by atoms with E-state index in [1.54, 1.807) is 6.20 Å². The van der Waals surface area contributed by atoms with Crippen LogP contribution in [0.1, 0.15) is 61.4 Å². The Morgan fingerprint density at radius 3 is 1.57 bits per heavy atom. The summed E-state index contributed by atoms with van der Waals surface area (Å²) in [4.78, 5) is 73.2. The van der Waals surface area contributed by atoms with Gasteiger partial charge < -0.3 is 41.2 Å². The summed E-state index contributed by atoms with van der Waals surface area (Å²) in [6.45, 7) is 5.43. The highest BCUT2D eigenvalue weighted by Crippen LogP contribution is 2.37. The summed E-state index contributed by atoms with van der Waals surface area (Å²) in [6, 6.07) is 46.8. The molecule has 0 aliphatic carbocycles. The number of aromatic nitrogens is 1.